The molecule has 5 nitrogen and oxygen atoms in total. The van der Waals surface area contributed by atoms with Crippen LogP contribution in [0.5, 0.6) is 0 Å². The second-order valence-corrected chi connectivity index (χ2v) is 16.6. The second-order valence-electron chi connectivity index (χ2n) is 15.6. The smallest absolute Gasteiger partial charge is 0.164 e. The maximum atomic E-state index is 5.47. The lowest BCUT2D eigenvalue weighted by Crippen LogP contribution is -2.01. The van der Waals surface area contributed by atoms with Crippen molar-refractivity contribution < 1.29 is 0 Å². The minimum absolute atomic E-state index is 0.635. The Bertz CT molecular complexity index is 3880. The molecule has 0 atom stereocenters. The van der Waals surface area contributed by atoms with E-state index in [9.17, 15) is 0 Å². The summed E-state index contributed by atoms with van der Waals surface area (Å²) >= 11 is 1.83. The van der Waals surface area contributed by atoms with Crippen molar-refractivity contribution in [3.8, 4) is 45.5 Å². The SMILES string of the molecule is c1ccc(-c2nc(-c3ccc(-n4c5ccccc5c5cc6ccccc6cc54)c4sc5ccccc5c34)nc(-c3cccc4c3c3ccccc3n4-c3ccccc3)n2)cc1. The highest BCUT2D eigenvalue weighted by Crippen LogP contribution is 2.46. The van der Waals surface area contributed by atoms with Crippen LogP contribution in [0.2, 0.25) is 0 Å². The molecule has 0 fully saturated rings. The van der Waals surface area contributed by atoms with Crippen molar-refractivity contribution >= 4 is 85.9 Å². The number of thiophene rings is 1. The number of para-hydroxylation sites is 3. The van der Waals surface area contributed by atoms with Crippen LogP contribution in [0.4, 0.5) is 0 Å². The van der Waals surface area contributed by atoms with E-state index < -0.39 is 0 Å². The zero-order valence-corrected chi connectivity index (χ0v) is 33.5. The van der Waals surface area contributed by atoms with Crippen LogP contribution in [0, 0.1) is 0 Å². The predicted molar refractivity (Wildman–Crippen MR) is 255 cm³/mol. The van der Waals surface area contributed by atoms with Crippen LogP contribution >= 0.6 is 11.3 Å². The van der Waals surface area contributed by atoms with E-state index in [-0.39, 0.29) is 0 Å². The molecule has 0 saturated carbocycles. The van der Waals surface area contributed by atoms with Gasteiger partial charge in [0.15, 0.2) is 17.5 Å². The highest BCUT2D eigenvalue weighted by atomic mass is 32.1. The minimum Gasteiger partial charge on any atom is -0.309 e. The molecule has 13 aromatic rings. The predicted octanol–water partition coefficient (Wildman–Crippen LogP) is 14.6. The molecule has 0 bridgehead atoms. The molecule has 13 rings (SSSR count). The molecule has 0 spiro atoms. The van der Waals surface area contributed by atoms with E-state index in [0.717, 1.165) is 55.3 Å². The molecule has 0 aliphatic carbocycles. The molecule has 6 heteroatoms. The number of benzene rings is 9. The van der Waals surface area contributed by atoms with Gasteiger partial charge in [0.05, 0.1) is 32.5 Å². The minimum atomic E-state index is 0.635. The van der Waals surface area contributed by atoms with Crippen molar-refractivity contribution in [1.29, 1.82) is 0 Å². The number of hydrogen-bond donors (Lipinski definition) is 0. The van der Waals surface area contributed by atoms with Gasteiger partial charge in [-0.3, -0.25) is 0 Å². The van der Waals surface area contributed by atoms with Gasteiger partial charge in [-0.05, 0) is 71.4 Å². The molecule has 284 valence electrons. The van der Waals surface area contributed by atoms with Gasteiger partial charge in [0.25, 0.3) is 0 Å². The van der Waals surface area contributed by atoms with Gasteiger partial charge in [-0.1, -0.05) is 140 Å². The van der Waals surface area contributed by atoms with Crippen molar-refractivity contribution in [2.75, 3.05) is 0 Å². The molecule has 61 heavy (non-hydrogen) atoms. The average Bonchev–Trinajstić information content (AvgIpc) is 3.99. The molecule has 4 aromatic heterocycles. The summed E-state index contributed by atoms with van der Waals surface area (Å²) in [6, 6.07) is 71.3. The molecule has 9 aromatic carbocycles. The van der Waals surface area contributed by atoms with Gasteiger partial charge >= 0.3 is 0 Å². The van der Waals surface area contributed by atoms with Crippen LogP contribution in [-0.4, -0.2) is 24.1 Å². The number of hydrogen-bond acceptors (Lipinski definition) is 4. The number of aromatic nitrogens is 5. The van der Waals surface area contributed by atoms with Crippen molar-refractivity contribution in [2.24, 2.45) is 0 Å². The lowest BCUT2D eigenvalue weighted by Gasteiger charge is -2.14. The van der Waals surface area contributed by atoms with E-state index in [2.05, 4.69) is 191 Å². The molecule has 0 radical (unpaired) electrons. The molecule has 0 aliphatic heterocycles. The third kappa shape index (κ3) is 5.16. The van der Waals surface area contributed by atoms with Gasteiger partial charge in [0, 0.05) is 59.4 Å². The fraction of sp³-hybridized carbons (Fsp3) is 0. The Morgan fingerprint density at radius 3 is 1.74 bits per heavy atom. The molecule has 0 amide bonds. The van der Waals surface area contributed by atoms with Crippen molar-refractivity contribution in [2.45, 2.75) is 0 Å². The van der Waals surface area contributed by atoms with Crippen molar-refractivity contribution in [3.05, 3.63) is 200 Å². The molecule has 0 saturated heterocycles. The Hall–Kier alpha value is -7.93. The van der Waals surface area contributed by atoms with Gasteiger partial charge in [-0.25, -0.2) is 15.0 Å². The lowest BCUT2D eigenvalue weighted by molar-refractivity contribution is 1.08. The largest absolute Gasteiger partial charge is 0.309 e. The maximum absolute atomic E-state index is 5.47. The van der Waals surface area contributed by atoms with E-state index in [1.165, 1.54) is 47.4 Å². The first-order valence-electron chi connectivity index (χ1n) is 20.5. The first-order valence-corrected chi connectivity index (χ1v) is 21.3. The number of nitrogens with zero attached hydrogens (tertiary/aromatic N) is 5. The highest BCUT2D eigenvalue weighted by molar-refractivity contribution is 7.26. The third-order valence-corrected chi connectivity index (χ3v) is 13.3. The van der Waals surface area contributed by atoms with Gasteiger partial charge in [-0.15, -0.1) is 11.3 Å². The van der Waals surface area contributed by atoms with Crippen LogP contribution in [0.3, 0.4) is 0 Å². The van der Waals surface area contributed by atoms with Crippen molar-refractivity contribution in [3.63, 3.8) is 0 Å². The van der Waals surface area contributed by atoms with E-state index in [0.29, 0.717) is 17.5 Å². The summed E-state index contributed by atoms with van der Waals surface area (Å²) in [5.41, 5.74) is 9.71. The van der Waals surface area contributed by atoms with E-state index in [1.807, 2.05) is 29.5 Å². The van der Waals surface area contributed by atoms with Gasteiger partial charge in [0.2, 0.25) is 0 Å². The molecular formula is C55H33N5S. The topological polar surface area (TPSA) is 48.5 Å². The van der Waals surface area contributed by atoms with Crippen LogP contribution in [0.15, 0.2) is 200 Å². The van der Waals surface area contributed by atoms with Crippen molar-refractivity contribution in [1.82, 2.24) is 24.1 Å². The zero-order chi connectivity index (χ0) is 40.0. The Morgan fingerprint density at radius 2 is 0.951 bits per heavy atom. The highest BCUT2D eigenvalue weighted by Gasteiger charge is 2.23. The summed E-state index contributed by atoms with van der Waals surface area (Å²) in [4.78, 5) is 16.1. The Morgan fingerprint density at radius 1 is 0.361 bits per heavy atom. The van der Waals surface area contributed by atoms with Crippen LogP contribution in [0.25, 0.3) is 120 Å². The summed E-state index contributed by atoms with van der Waals surface area (Å²) in [6.45, 7) is 0. The standard InChI is InChI=1S/C55H33N5S/c1-3-16-34(17-4-1)53-56-54(41-25-15-28-46-50(41)39-23-10-13-27-45(39)59(46)37-20-5-2-6-21-37)58-55(57-53)42-30-31-47(52-51(42)40-24-11-14-29-49(40)61-52)60-44-26-12-9-22-38(44)43-32-35-18-7-8-19-36(35)33-48(43)60/h1-33H. The molecule has 4 heterocycles. The second kappa shape index (κ2) is 13.3. The quantitative estimate of drug-likeness (QED) is 0.174. The summed E-state index contributed by atoms with van der Waals surface area (Å²) < 4.78 is 7.20. The summed E-state index contributed by atoms with van der Waals surface area (Å²) in [6.07, 6.45) is 0. The molecule has 0 N–H and O–H groups in total. The normalized spacial score (nSPS) is 11.9. The Balaban J connectivity index is 1.10. The monoisotopic (exact) mass is 795 g/mol. The fourth-order valence-corrected chi connectivity index (χ4v) is 10.7. The average molecular weight is 796 g/mol. The molecule has 0 unspecified atom stereocenters. The zero-order valence-electron chi connectivity index (χ0n) is 32.7. The summed E-state index contributed by atoms with van der Waals surface area (Å²) in [7, 11) is 0. The summed E-state index contributed by atoms with van der Waals surface area (Å²) in [5.74, 6) is 1.91. The van der Waals surface area contributed by atoms with Crippen LogP contribution < -0.4 is 0 Å². The number of rotatable bonds is 5. The van der Waals surface area contributed by atoms with Gasteiger partial charge < -0.3 is 9.13 Å². The van der Waals surface area contributed by atoms with E-state index >= 15 is 0 Å². The molecular weight excluding hydrogens is 763 g/mol. The first-order chi connectivity index (χ1) is 30.3. The first kappa shape index (κ1) is 34.0. The Kier molecular flexibility index (Phi) is 7.41. The number of fused-ring (bicyclic) bond motifs is 10. The van der Waals surface area contributed by atoms with E-state index in [1.54, 1.807) is 0 Å². The third-order valence-electron chi connectivity index (χ3n) is 12.1. The lowest BCUT2D eigenvalue weighted by atomic mass is 10.0. The van der Waals surface area contributed by atoms with Gasteiger partial charge in [0.1, 0.15) is 0 Å². The van der Waals surface area contributed by atoms with Crippen LogP contribution in [0.1, 0.15) is 0 Å². The summed E-state index contributed by atoms with van der Waals surface area (Å²) in [5, 5.41) is 9.51. The van der Waals surface area contributed by atoms with Gasteiger partial charge in [-0.2, -0.15) is 0 Å². The van der Waals surface area contributed by atoms with E-state index in [4.69, 9.17) is 15.0 Å². The maximum Gasteiger partial charge on any atom is 0.164 e. The molecule has 0 aliphatic rings. The Labute approximate surface area is 354 Å². The van der Waals surface area contributed by atoms with Crippen LogP contribution in [-0.2, 0) is 0 Å². The fourth-order valence-electron chi connectivity index (χ4n) is 9.49.